The van der Waals surface area contributed by atoms with Crippen molar-refractivity contribution in [2.24, 2.45) is 0 Å². The maximum atomic E-state index is 4.83. The molecule has 2 aromatic rings. The summed E-state index contributed by atoms with van der Waals surface area (Å²) in [7, 11) is 0. The molecule has 4 nitrogen and oxygen atoms in total. The molecule has 0 aliphatic carbocycles. The molecular weight excluding hydrogens is 248 g/mol. The molecule has 0 unspecified atom stereocenters. The van der Waals surface area contributed by atoms with Crippen molar-refractivity contribution >= 4 is 0 Å². The molecule has 0 amide bonds. The van der Waals surface area contributed by atoms with Crippen LogP contribution in [-0.4, -0.2) is 21.5 Å². The molecule has 0 atom stereocenters. The first kappa shape index (κ1) is 13.2. The van der Waals surface area contributed by atoms with Gasteiger partial charge >= 0.3 is 0 Å². The molecular formula is C16H20N4. The zero-order valence-electron chi connectivity index (χ0n) is 12.3. The minimum Gasteiger partial charge on any atom is -0.312 e. The minimum atomic E-state index is 0.405. The van der Waals surface area contributed by atoms with Gasteiger partial charge in [-0.2, -0.15) is 0 Å². The van der Waals surface area contributed by atoms with Crippen molar-refractivity contribution in [3.05, 3.63) is 41.0 Å². The van der Waals surface area contributed by atoms with Crippen molar-refractivity contribution in [2.45, 2.75) is 39.7 Å². The van der Waals surface area contributed by atoms with Crippen LogP contribution in [0.15, 0.2) is 18.5 Å². The fourth-order valence-corrected chi connectivity index (χ4v) is 2.67. The van der Waals surface area contributed by atoms with Gasteiger partial charge in [-0.15, -0.1) is 0 Å². The lowest BCUT2D eigenvalue weighted by molar-refractivity contribution is 0.609. The van der Waals surface area contributed by atoms with E-state index < -0.39 is 0 Å². The van der Waals surface area contributed by atoms with Gasteiger partial charge in [0.2, 0.25) is 0 Å². The van der Waals surface area contributed by atoms with E-state index in [4.69, 9.17) is 9.97 Å². The monoisotopic (exact) mass is 268 g/mol. The molecule has 0 fully saturated rings. The van der Waals surface area contributed by atoms with Gasteiger partial charge in [-0.3, -0.25) is 4.98 Å². The van der Waals surface area contributed by atoms with Crippen LogP contribution in [0, 0.1) is 6.92 Å². The van der Waals surface area contributed by atoms with Gasteiger partial charge < -0.3 is 5.32 Å². The zero-order valence-corrected chi connectivity index (χ0v) is 12.3. The Morgan fingerprint density at radius 3 is 2.85 bits per heavy atom. The lowest BCUT2D eigenvalue weighted by atomic mass is 9.98. The highest BCUT2D eigenvalue weighted by Crippen LogP contribution is 2.27. The van der Waals surface area contributed by atoms with E-state index >= 15 is 0 Å². The highest BCUT2D eigenvalue weighted by molar-refractivity contribution is 5.59. The molecule has 3 rings (SSSR count). The summed E-state index contributed by atoms with van der Waals surface area (Å²) in [5.41, 5.74) is 5.86. The molecule has 0 spiro atoms. The quantitative estimate of drug-likeness (QED) is 0.909. The first-order chi connectivity index (χ1) is 9.66. The van der Waals surface area contributed by atoms with Gasteiger partial charge in [0.25, 0.3) is 0 Å². The summed E-state index contributed by atoms with van der Waals surface area (Å²) >= 11 is 0. The Bertz CT molecular complexity index is 634. The van der Waals surface area contributed by atoms with Gasteiger partial charge in [0.05, 0.1) is 11.4 Å². The molecule has 0 radical (unpaired) electrons. The number of aryl methyl sites for hydroxylation is 1. The molecule has 1 aliphatic rings. The molecule has 20 heavy (non-hydrogen) atoms. The highest BCUT2D eigenvalue weighted by atomic mass is 15.0. The number of aromatic nitrogens is 3. The second-order valence-corrected chi connectivity index (χ2v) is 5.63. The van der Waals surface area contributed by atoms with Crippen molar-refractivity contribution in [2.75, 3.05) is 6.54 Å². The number of rotatable bonds is 2. The number of hydrogen-bond donors (Lipinski definition) is 1. The molecule has 4 heteroatoms. The smallest absolute Gasteiger partial charge is 0.161 e. The van der Waals surface area contributed by atoms with Crippen LogP contribution in [0.25, 0.3) is 11.4 Å². The molecule has 104 valence electrons. The van der Waals surface area contributed by atoms with Crippen molar-refractivity contribution < 1.29 is 0 Å². The predicted molar refractivity (Wildman–Crippen MR) is 79.5 cm³/mol. The Morgan fingerprint density at radius 1 is 1.25 bits per heavy atom. The molecule has 0 aromatic carbocycles. The molecule has 1 N–H and O–H groups in total. The summed E-state index contributed by atoms with van der Waals surface area (Å²) in [6.07, 6.45) is 4.65. The molecule has 3 heterocycles. The summed E-state index contributed by atoms with van der Waals surface area (Å²) in [5, 5.41) is 3.41. The van der Waals surface area contributed by atoms with Crippen molar-refractivity contribution in [3.8, 4) is 11.4 Å². The minimum absolute atomic E-state index is 0.405. The van der Waals surface area contributed by atoms with E-state index in [2.05, 4.69) is 31.1 Å². The maximum Gasteiger partial charge on any atom is 0.161 e. The third-order valence-electron chi connectivity index (χ3n) is 3.79. The first-order valence-corrected chi connectivity index (χ1v) is 7.18. The number of nitrogens with zero attached hydrogens (tertiary/aromatic N) is 3. The van der Waals surface area contributed by atoms with E-state index in [1.54, 1.807) is 0 Å². The summed E-state index contributed by atoms with van der Waals surface area (Å²) in [4.78, 5) is 13.8. The Balaban J connectivity index is 2.18. The molecule has 0 bridgehead atoms. The summed E-state index contributed by atoms with van der Waals surface area (Å²) in [6.45, 7) is 8.34. The van der Waals surface area contributed by atoms with Gasteiger partial charge in [-0.25, -0.2) is 9.97 Å². The van der Waals surface area contributed by atoms with Crippen molar-refractivity contribution in [1.82, 2.24) is 20.3 Å². The number of hydrogen-bond acceptors (Lipinski definition) is 4. The normalized spacial score (nSPS) is 14.4. The van der Waals surface area contributed by atoms with Crippen LogP contribution in [0.2, 0.25) is 0 Å². The largest absolute Gasteiger partial charge is 0.312 e. The van der Waals surface area contributed by atoms with Gasteiger partial charge in [-0.05, 0) is 24.5 Å². The highest BCUT2D eigenvalue weighted by Gasteiger charge is 2.20. The first-order valence-electron chi connectivity index (χ1n) is 7.18. The van der Waals surface area contributed by atoms with Crippen molar-refractivity contribution in [3.63, 3.8) is 0 Å². The fraction of sp³-hybridized carbons (Fsp3) is 0.438. The standard InChI is InChI=1S/C16H20N4/c1-10(2)15-13-9-18-7-5-14(13)19-16(20-15)12-8-17-6-4-11(12)3/h4,6,8,10,18H,5,7,9H2,1-3H3. The van der Waals surface area contributed by atoms with Crippen LogP contribution >= 0.6 is 0 Å². The van der Waals surface area contributed by atoms with Crippen LogP contribution in [0.1, 0.15) is 42.3 Å². The molecule has 0 saturated carbocycles. The maximum absolute atomic E-state index is 4.83. The number of pyridine rings is 1. The predicted octanol–water partition coefficient (Wildman–Crippen LogP) is 2.62. The van der Waals surface area contributed by atoms with E-state index in [1.165, 1.54) is 22.5 Å². The van der Waals surface area contributed by atoms with Crippen LogP contribution in [-0.2, 0) is 13.0 Å². The topological polar surface area (TPSA) is 50.7 Å². The summed E-state index contributed by atoms with van der Waals surface area (Å²) < 4.78 is 0. The van der Waals surface area contributed by atoms with Crippen LogP contribution < -0.4 is 5.32 Å². The Labute approximate surface area is 119 Å². The van der Waals surface area contributed by atoms with Gasteiger partial charge in [0, 0.05) is 43.0 Å². The van der Waals surface area contributed by atoms with Crippen molar-refractivity contribution in [1.29, 1.82) is 0 Å². The third-order valence-corrected chi connectivity index (χ3v) is 3.79. The van der Waals surface area contributed by atoms with Gasteiger partial charge in [0.1, 0.15) is 0 Å². The van der Waals surface area contributed by atoms with Crippen LogP contribution in [0.4, 0.5) is 0 Å². The second-order valence-electron chi connectivity index (χ2n) is 5.63. The fourth-order valence-electron chi connectivity index (χ4n) is 2.67. The van der Waals surface area contributed by atoms with E-state index in [-0.39, 0.29) is 0 Å². The Kier molecular flexibility index (Phi) is 3.49. The van der Waals surface area contributed by atoms with Crippen LogP contribution in [0.3, 0.4) is 0 Å². The Hall–Kier alpha value is -1.81. The van der Waals surface area contributed by atoms with E-state index in [9.17, 15) is 0 Å². The van der Waals surface area contributed by atoms with E-state index in [0.717, 1.165) is 30.9 Å². The molecule has 2 aromatic heterocycles. The number of fused-ring (bicyclic) bond motifs is 1. The lowest BCUT2D eigenvalue weighted by Gasteiger charge is -2.22. The molecule has 0 saturated heterocycles. The second kappa shape index (κ2) is 5.29. The lowest BCUT2D eigenvalue weighted by Crippen LogP contribution is -2.27. The van der Waals surface area contributed by atoms with Gasteiger partial charge in [-0.1, -0.05) is 13.8 Å². The van der Waals surface area contributed by atoms with E-state index in [0.29, 0.717) is 5.92 Å². The average Bonchev–Trinajstić information content (AvgIpc) is 2.46. The summed E-state index contributed by atoms with van der Waals surface area (Å²) in [6, 6.07) is 2.01. The molecule has 1 aliphatic heterocycles. The number of nitrogens with one attached hydrogen (secondary N) is 1. The van der Waals surface area contributed by atoms with Gasteiger partial charge in [0.15, 0.2) is 5.82 Å². The third kappa shape index (κ3) is 2.31. The summed E-state index contributed by atoms with van der Waals surface area (Å²) in [5.74, 6) is 1.22. The van der Waals surface area contributed by atoms with E-state index in [1.807, 2.05) is 18.5 Å². The average molecular weight is 268 g/mol. The zero-order chi connectivity index (χ0) is 14.1. The Morgan fingerprint density at radius 2 is 2.10 bits per heavy atom. The SMILES string of the molecule is Cc1ccncc1-c1nc2c(c(C(C)C)n1)CNCC2. The van der Waals surface area contributed by atoms with Crippen LogP contribution in [0.5, 0.6) is 0 Å².